The number of likely N-dealkylation sites (tertiary alicyclic amines) is 1. The third kappa shape index (κ3) is 2.74. The van der Waals surface area contributed by atoms with E-state index in [2.05, 4.69) is 20.9 Å². The van der Waals surface area contributed by atoms with E-state index in [-0.39, 0.29) is 12.0 Å². The molecule has 1 aromatic carbocycles. The van der Waals surface area contributed by atoms with E-state index in [4.69, 9.17) is 0 Å². The molecule has 1 aliphatic heterocycles. The molecule has 2 heterocycles. The minimum atomic E-state index is -0.246. The lowest BCUT2D eigenvalue weighted by Crippen LogP contribution is -2.40. The monoisotopic (exact) mass is 336 g/mol. The smallest absolute Gasteiger partial charge is 0.227 e. The summed E-state index contributed by atoms with van der Waals surface area (Å²) in [6, 6.07) is 6.03. The zero-order valence-corrected chi connectivity index (χ0v) is 12.7. The van der Waals surface area contributed by atoms with E-state index in [1.165, 1.54) is 0 Å². The largest absolute Gasteiger partial charge is 0.393 e. The first-order chi connectivity index (χ1) is 9.63. The lowest BCUT2D eigenvalue weighted by molar-refractivity contribution is -0.132. The predicted octanol–water partition coefficient (Wildman–Crippen LogP) is 2.46. The van der Waals surface area contributed by atoms with Gasteiger partial charge >= 0.3 is 0 Å². The van der Waals surface area contributed by atoms with Crippen LogP contribution in [0, 0.1) is 0 Å². The standard InChI is InChI=1S/C15H17BrN2O2/c16-11-1-2-13-10(9-17-14(13)8-11)7-15(20)18-5-3-12(19)4-6-18/h1-2,8-9,12,17,19H,3-7H2. The SMILES string of the molecule is O=C(Cc1c[nH]c2cc(Br)ccc12)N1CCC(O)CC1. The Kier molecular flexibility index (Phi) is 3.81. The third-order valence-corrected chi connectivity index (χ3v) is 4.38. The minimum Gasteiger partial charge on any atom is -0.393 e. The molecule has 3 rings (SSSR count). The lowest BCUT2D eigenvalue weighted by Gasteiger charge is -2.29. The molecule has 0 aliphatic carbocycles. The fourth-order valence-electron chi connectivity index (χ4n) is 2.69. The lowest BCUT2D eigenvalue weighted by atomic mass is 10.1. The molecule has 1 fully saturated rings. The van der Waals surface area contributed by atoms with Crippen molar-refractivity contribution in [2.75, 3.05) is 13.1 Å². The number of aliphatic hydroxyl groups excluding tert-OH is 1. The first-order valence-corrected chi connectivity index (χ1v) is 7.64. The van der Waals surface area contributed by atoms with E-state index in [1.54, 1.807) is 0 Å². The van der Waals surface area contributed by atoms with Crippen molar-refractivity contribution in [3.63, 3.8) is 0 Å². The van der Waals surface area contributed by atoms with Crippen molar-refractivity contribution in [2.45, 2.75) is 25.4 Å². The number of rotatable bonds is 2. The molecular weight excluding hydrogens is 320 g/mol. The maximum atomic E-state index is 12.3. The summed E-state index contributed by atoms with van der Waals surface area (Å²) < 4.78 is 1.02. The second-order valence-electron chi connectivity index (χ2n) is 5.29. The van der Waals surface area contributed by atoms with Gasteiger partial charge in [-0.15, -0.1) is 0 Å². The highest BCUT2D eigenvalue weighted by atomic mass is 79.9. The van der Waals surface area contributed by atoms with Crippen molar-refractivity contribution in [1.82, 2.24) is 9.88 Å². The number of aromatic nitrogens is 1. The average molecular weight is 337 g/mol. The Labute approximate surface area is 125 Å². The number of H-pyrrole nitrogens is 1. The Hall–Kier alpha value is -1.33. The number of nitrogens with zero attached hydrogens (tertiary/aromatic N) is 1. The van der Waals surface area contributed by atoms with Gasteiger partial charge in [0.15, 0.2) is 0 Å². The Morgan fingerprint density at radius 2 is 2.15 bits per heavy atom. The molecule has 0 atom stereocenters. The van der Waals surface area contributed by atoms with Crippen LogP contribution in [-0.2, 0) is 11.2 Å². The first-order valence-electron chi connectivity index (χ1n) is 6.85. The molecule has 5 heteroatoms. The summed E-state index contributed by atoms with van der Waals surface area (Å²) in [5.41, 5.74) is 2.07. The van der Waals surface area contributed by atoms with E-state index >= 15 is 0 Å². The number of aromatic amines is 1. The van der Waals surface area contributed by atoms with Crippen LogP contribution in [0.5, 0.6) is 0 Å². The van der Waals surface area contributed by atoms with Gasteiger partial charge in [-0.1, -0.05) is 22.0 Å². The van der Waals surface area contributed by atoms with E-state index in [0.717, 1.165) is 20.9 Å². The van der Waals surface area contributed by atoms with Gasteiger partial charge in [0.1, 0.15) is 0 Å². The summed E-state index contributed by atoms with van der Waals surface area (Å²) in [6.45, 7) is 1.32. The van der Waals surface area contributed by atoms with Crippen molar-refractivity contribution in [3.8, 4) is 0 Å². The molecule has 1 saturated heterocycles. The van der Waals surface area contributed by atoms with Crippen LogP contribution in [0.15, 0.2) is 28.9 Å². The Morgan fingerprint density at radius 1 is 1.40 bits per heavy atom. The van der Waals surface area contributed by atoms with Gasteiger partial charge < -0.3 is 15.0 Å². The molecule has 1 aliphatic rings. The van der Waals surface area contributed by atoms with Gasteiger partial charge in [0.05, 0.1) is 12.5 Å². The predicted molar refractivity (Wildman–Crippen MR) is 81.5 cm³/mol. The number of hydrogen-bond acceptors (Lipinski definition) is 2. The number of carbonyl (C=O) groups is 1. The number of aliphatic hydroxyl groups is 1. The molecule has 1 amide bonds. The van der Waals surface area contributed by atoms with Gasteiger partial charge in [-0.3, -0.25) is 4.79 Å². The van der Waals surface area contributed by atoms with Crippen molar-refractivity contribution < 1.29 is 9.90 Å². The number of amides is 1. The number of halogens is 1. The Morgan fingerprint density at radius 3 is 2.90 bits per heavy atom. The van der Waals surface area contributed by atoms with E-state index in [1.807, 2.05) is 29.3 Å². The van der Waals surface area contributed by atoms with Crippen LogP contribution in [0.1, 0.15) is 18.4 Å². The normalized spacial score (nSPS) is 16.8. The third-order valence-electron chi connectivity index (χ3n) is 3.89. The van der Waals surface area contributed by atoms with Crippen molar-refractivity contribution in [3.05, 3.63) is 34.4 Å². The van der Waals surface area contributed by atoms with Crippen LogP contribution in [0.25, 0.3) is 10.9 Å². The highest BCUT2D eigenvalue weighted by Crippen LogP contribution is 2.23. The quantitative estimate of drug-likeness (QED) is 0.885. The molecule has 1 aromatic heterocycles. The molecule has 0 saturated carbocycles. The molecule has 0 radical (unpaired) electrons. The molecule has 0 unspecified atom stereocenters. The molecule has 4 nitrogen and oxygen atoms in total. The van der Waals surface area contributed by atoms with Crippen LogP contribution < -0.4 is 0 Å². The number of hydrogen-bond donors (Lipinski definition) is 2. The van der Waals surface area contributed by atoms with Gasteiger partial charge in [0.25, 0.3) is 0 Å². The van der Waals surface area contributed by atoms with Gasteiger partial charge in [0.2, 0.25) is 5.91 Å². The molecular formula is C15H17BrN2O2. The van der Waals surface area contributed by atoms with E-state index in [9.17, 15) is 9.90 Å². The fourth-order valence-corrected chi connectivity index (χ4v) is 3.06. The van der Waals surface area contributed by atoms with Crippen molar-refractivity contribution >= 4 is 32.7 Å². The van der Waals surface area contributed by atoms with Gasteiger partial charge in [0, 0.05) is 34.7 Å². The average Bonchev–Trinajstić information content (AvgIpc) is 2.81. The summed E-state index contributed by atoms with van der Waals surface area (Å²) in [4.78, 5) is 17.4. The fraction of sp³-hybridized carbons (Fsp3) is 0.400. The first kappa shape index (κ1) is 13.6. The van der Waals surface area contributed by atoms with Crippen LogP contribution >= 0.6 is 15.9 Å². The highest BCUT2D eigenvalue weighted by molar-refractivity contribution is 9.10. The van der Waals surface area contributed by atoms with E-state index in [0.29, 0.717) is 32.4 Å². The minimum absolute atomic E-state index is 0.140. The number of carbonyl (C=O) groups excluding carboxylic acids is 1. The highest BCUT2D eigenvalue weighted by Gasteiger charge is 2.21. The second-order valence-corrected chi connectivity index (χ2v) is 6.21. The summed E-state index contributed by atoms with van der Waals surface area (Å²) in [5, 5.41) is 10.6. The molecule has 0 spiro atoms. The second kappa shape index (κ2) is 5.58. The van der Waals surface area contributed by atoms with Crippen LogP contribution in [0.2, 0.25) is 0 Å². The molecule has 106 valence electrons. The zero-order chi connectivity index (χ0) is 14.1. The maximum Gasteiger partial charge on any atom is 0.227 e. The van der Waals surface area contributed by atoms with Gasteiger partial charge in [-0.2, -0.15) is 0 Å². The van der Waals surface area contributed by atoms with Crippen LogP contribution in [-0.4, -0.2) is 40.1 Å². The number of piperidine rings is 1. The Bertz CT molecular complexity index is 630. The number of benzene rings is 1. The van der Waals surface area contributed by atoms with Crippen molar-refractivity contribution in [1.29, 1.82) is 0 Å². The summed E-state index contributed by atoms with van der Waals surface area (Å²) >= 11 is 3.44. The molecule has 20 heavy (non-hydrogen) atoms. The maximum absolute atomic E-state index is 12.3. The number of nitrogens with one attached hydrogen (secondary N) is 1. The molecule has 2 N–H and O–H groups in total. The summed E-state index contributed by atoms with van der Waals surface area (Å²) in [6.07, 6.45) is 3.45. The van der Waals surface area contributed by atoms with Gasteiger partial charge in [-0.05, 0) is 30.5 Å². The van der Waals surface area contributed by atoms with Crippen molar-refractivity contribution in [2.24, 2.45) is 0 Å². The van der Waals surface area contributed by atoms with Gasteiger partial charge in [-0.25, -0.2) is 0 Å². The topological polar surface area (TPSA) is 56.3 Å². The van der Waals surface area contributed by atoms with Crippen LogP contribution in [0.4, 0.5) is 0 Å². The molecule has 0 bridgehead atoms. The zero-order valence-electron chi connectivity index (χ0n) is 11.1. The number of fused-ring (bicyclic) bond motifs is 1. The summed E-state index contributed by atoms with van der Waals surface area (Å²) in [7, 11) is 0. The summed E-state index contributed by atoms with van der Waals surface area (Å²) in [5.74, 6) is 0.140. The Balaban J connectivity index is 1.74. The van der Waals surface area contributed by atoms with E-state index < -0.39 is 0 Å². The molecule has 2 aromatic rings. The van der Waals surface area contributed by atoms with Crippen LogP contribution in [0.3, 0.4) is 0 Å².